The largest absolute Gasteiger partial charge is 0.481 e. The van der Waals surface area contributed by atoms with E-state index in [4.69, 9.17) is 5.11 Å². The Morgan fingerprint density at radius 1 is 1.23 bits per heavy atom. The number of nitrogens with zero attached hydrogens (tertiary/aromatic N) is 2. The minimum atomic E-state index is -3.59. The standard InChI is InChI=1S/C13H19N3O5S/c1-15(2)22(20,21)11-6-4-5-10(9-11)14-13(19)16(3)8-7-12(17)18/h4-6,9H,7-8H2,1-3H3,(H,14,19)(H,17,18). The Balaban J connectivity index is 2.83. The molecule has 122 valence electrons. The van der Waals surface area contributed by atoms with Crippen LogP contribution in [0.25, 0.3) is 0 Å². The number of benzene rings is 1. The molecule has 9 heteroatoms. The van der Waals surface area contributed by atoms with Crippen molar-refractivity contribution < 1.29 is 23.1 Å². The molecule has 2 amide bonds. The smallest absolute Gasteiger partial charge is 0.321 e. The van der Waals surface area contributed by atoms with Crippen LogP contribution in [0.4, 0.5) is 10.5 Å². The molecule has 0 unspecified atom stereocenters. The van der Waals surface area contributed by atoms with Crippen LogP contribution in [0.1, 0.15) is 6.42 Å². The second-order valence-electron chi connectivity index (χ2n) is 4.81. The van der Waals surface area contributed by atoms with Gasteiger partial charge in [0.1, 0.15) is 0 Å². The minimum Gasteiger partial charge on any atom is -0.481 e. The summed E-state index contributed by atoms with van der Waals surface area (Å²) < 4.78 is 25.1. The average Bonchev–Trinajstić information content (AvgIpc) is 2.44. The molecule has 1 aromatic rings. The topological polar surface area (TPSA) is 107 Å². The van der Waals surface area contributed by atoms with E-state index in [2.05, 4.69) is 5.32 Å². The fourth-order valence-corrected chi connectivity index (χ4v) is 2.48. The molecule has 0 saturated carbocycles. The zero-order chi connectivity index (χ0) is 16.9. The fourth-order valence-electron chi connectivity index (χ4n) is 1.53. The first kappa shape index (κ1) is 17.9. The summed E-state index contributed by atoms with van der Waals surface area (Å²) in [5.74, 6) is -1.00. The third-order valence-corrected chi connectivity index (χ3v) is 4.68. The number of carboxylic acids is 1. The van der Waals surface area contributed by atoms with E-state index < -0.39 is 22.0 Å². The Labute approximate surface area is 129 Å². The third kappa shape index (κ3) is 4.71. The molecule has 0 bridgehead atoms. The molecule has 0 aromatic heterocycles. The molecule has 1 rings (SSSR count). The van der Waals surface area contributed by atoms with Gasteiger partial charge in [0.15, 0.2) is 0 Å². The summed E-state index contributed by atoms with van der Waals surface area (Å²) in [7, 11) is 0.705. The number of nitrogens with one attached hydrogen (secondary N) is 1. The molecular weight excluding hydrogens is 310 g/mol. The Bertz CT molecular complexity index is 657. The van der Waals surface area contributed by atoms with E-state index in [1.807, 2.05) is 0 Å². The van der Waals surface area contributed by atoms with E-state index in [9.17, 15) is 18.0 Å². The number of sulfonamides is 1. The van der Waals surface area contributed by atoms with E-state index in [-0.39, 0.29) is 17.9 Å². The molecule has 8 nitrogen and oxygen atoms in total. The maximum absolute atomic E-state index is 12.0. The summed E-state index contributed by atoms with van der Waals surface area (Å²) >= 11 is 0. The van der Waals surface area contributed by atoms with Gasteiger partial charge in [0.05, 0.1) is 11.3 Å². The fraction of sp³-hybridized carbons (Fsp3) is 0.385. The van der Waals surface area contributed by atoms with Crippen molar-refractivity contribution in [1.82, 2.24) is 9.21 Å². The molecule has 1 aromatic carbocycles. The zero-order valence-electron chi connectivity index (χ0n) is 12.6. The molecular formula is C13H19N3O5S. The summed E-state index contributed by atoms with van der Waals surface area (Å²) in [5.41, 5.74) is 0.315. The first-order chi connectivity index (χ1) is 10.1. The lowest BCUT2D eigenvalue weighted by atomic mass is 10.3. The third-order valence-electron chi connectivity index (χ3n) is 2.87. The second-order valence-corrected chi connectivity index (χ2v) is 6.96. The number of carbonyl (C=O) groups excluding carboxylic acids is 1. The molecule has 0 radical (unpaired) electrons. The quantitative estimate of drug-likeness (QED) is 0.805. The van der Waals surface area contributed by atoms with Crippen LogP contribution in [0.15, 0.2) is 29.2 Å². The summed E-state index contributed by atoms with van der Waals surface area (Å²) in [4.78, 5) is 23.6. The van der Waals surface area contributed by atoms with Gasteiger partial charge in [0, 0.05) is 33.4 Å². The minimum absolute atomic E-state index is 0.0524. The van der Waals surface area contributed by atoms with Gasteiger partial charge >= 0.3 is 12.0 Å². The van der Waals surface area contributed by atoms with Gasteiger partial charge in [-0.1, -0.05) is 6.07 Å². The van der Waals surface area contributed by atoms with Crippen molar-refractivity contribution in [3.05, 3.63) is 24.3 Å². The first-order valence-corrected chi connectivity index (χ1v) is 7.85. The van der Waals surface area contributed by atoms with Crippen molar-refractivity contribution >= 4 is 27.7 Å². The summed E-state index contributed by atoms with van der Waals surface area (Å²) in [5, 5.41) is 11.1. The normalized spacial score (nSPS) is 11.3. The SMILES string of the molecule is CN(CCC(=O)O)C(=O)Nc1cccc(S(=O)(=O)N(C)C)c1. The molecule has 0 spiro atoms. The van der Waals surface area contributed by atoms with Gasteiger partial charge < -0.3 is 15.3 Å². The molecule has 0 aliphatic heterocycles. The van der Waals surface area contributed by atoms with E-state index >= 15 is 0 Å². The molecule has 0 heterocycles. The van der Waals surface area contributed by atoms with Crippen LogP contribution in [-0.2, 0) is 14.8 Å². The monoisotopic (exact) mass is 329 g/mol. The number of hydrogen-bond acceptors (Lipinski definition) is 4. The van der Waals surface area contributed by atoms with E-state index in [1.165, 1.54) is 44.2 Å². The van der Waals surface area contributed by atoms with Gasteiger partial charge in [-0.05, 0) is 18.2 Å². The molecule has 0 atom stereocenters. The van der Waals surface area contributed by atoms with Gasteiger partial charge in [-0.15, -0.1) is 0 Å². The van der Waals surface area contributed by atoms with Crippen LogP contribution in [0.3, 0.4) is 0 Å². The highest BCUT2D eigenvalue weighted by Gasteiger charge is 2.18. The molecule has 0 aliphatic rings. The van der Waals surface area contributed by atoms with Gasteiger partial charge in [-0.2, -0.15) is 0 Å². The van der Waals surface area contributed by atoms with Crippen LogP contribution < -0.4 is 5.32 Å². The number of hydrogen-bond donors (Lipinski definition) is 2. The second kappa shape index (κ2) is 7.23. The number of carboxylic acid groups (broad SMARTS) is 1. The van der Waals surface area contributed by atoms with Gasteiger partial charge in [0.25, 0.3) is 0 Å². The van der Waals surface area contributed by atoms with Crippen molar-refractivity contribution in [2.45, 2.75) is 11.3 Å². The van der Waals surface area contributed by atoms with E-state index in [0.29, 0.717) is 5.69 Å². The summed E-state index contributed by atoms with van der Waals surface area (Å²) in [6.45, 7) is 0.0524. The predicted octanol–water partition coefficient (Wildman–Crippen LogP) is 0.875. The highest BCUT2D eigenvalue weighted by molar-refractivity contribution is 7.89. The number of carbonyl (C=O) groups is 2. The molecule has 2 N–H and O–H groups in total. The van der Waals surface area contributed by atoms with E-state index in [0.717, 1.165) is 4.31 Å². The number of rotatable bonds is 6. The highest BCUT2D eigenvalue weighted by atomic mass is 32.2. The molecule has 0 fully saturated rings. The van der Waals surface area contributed by atoms with Gasteiger partial charge in [0.2, 0.25) is 10.0 Å². The van der Waals surface area contributed by atoms with Crippen LogP contribution in [0.2, 0.25) is 0 Å². The Hall–Kier alpha value is -2.13. The van der Waals surface area contributed by atoms with Crippen molar-refractivity contribution in [2.75, 3.05) is 33.0 Å². The Morgan fingerprint density at radius 2 is 1.86 bits per heavy atom. The average molecular weight is 329 g/mol. The summed E-state index contributed by atoms with van der Waals surface area (Å²) in [6.07, 6.45) is -0.168. The Kier molecular flexibility index (Phi) is 5.89. The van der Waals surface area contributed by atoms with Crippen LogP contribution in [0.5, 0.6) is 0 Å². The van der Waals surface area contributed by atoms with Gasteiger partial charge in [-0.25, -0.2) is 17.5 Å². The van der Waals surface area contributed by atoms with Crippen molar-refractivity contribution in [3.8, 4) is 0 Å². The molecule has 0 aliphatic carbocycles. The summed E-state index contributed by atoms with van der Waals surface area (Å²) in [6, 6.07) is 5.33. The Morgan fingerprint density at radius 3 is 2.41 bits per heavy atom. The maximum atomic E-state index is 12.0. The van der Waals surface area contributed by atoms with Crippen LogP contribution in [0, 0.1) is 0 Å². The van der Waals surface area contributed by atoms with Crippen molar-refractivity contribution in [1.29, 1.82) is 0 Å². The number of urea groups is 1. The van der Waals surface area contributed by atoms with Gasteiger partial charge in [-0.3, -0.25) is 4.79 Å². The lowest BCUT2D eigenvalue weighted by Gasteiger charge is -2.17. The number of amides is 2. The number of anilines is 1. The van der Waals surface area contributed by atoms with E-state index in [1.54, 1.807) is 6.07 Å². The molecule has 22 heavy (non-hydrogen) atoms. The first-order valence-electron chi connectivity index (χ1n) is 6.41. The highest BCUT2D eigenvalue weighted by Crippen LogP contribution is 2.18. The van der Waals surface area contributed by atoms with Crippen molar-refractivity contribution in [2.24, 2.45) is 0 Å². The maximum Gasteiger partial charge on any atom is 0.321 e. The van der Waals surface area contributed by atoms with Crippen molar-refractivity contribution in [3.63, 3.8) is 0 Å². The lowest BCUT2D eigenvalue weighted by molar-refractivity contribution is -0.137. The molecule has 0 saturated heterocycles. The predicted molar refractivity (Wildman–Crippen MR) is 81.2 cm³/mol. The lowest BCUT2D eigenvalue weighted by Crippen LogP contribution is -2.33. The van der Waals surface area contributed by atoms with Crippen LogP contribution >= 0.6 is 0 Å². The zero-order valence-corrected chi connectivity index (χ0v) is 13.4. The number of aliphatic carboxylic acids is 1. The van der Waals surface area contributed by atoms with Crippen LogP contribution in [-0.4, -0.2) is 62.4 Å².